The molecule has 0 heterocycles. The summed E-state index contributed by atoms with van der Waals surface area (Å²) in [5, 5.41) is 0. The highest BCUT2D eigenvalue weighted by atomic mass is 16.6. The van der Waals surface area contributed by atoms with Crippen LogP contribution in [0, 0.1) is 11.8 Å². The maximum Gasteiger partial charge on any atom is 0.410 e. The summed E-state index contributed by atoms with van der Waals surface area (Å²) in [6, 6.07) is 0. The lowest BCUT2D eigenvalue weighted by molar-refractivity contribution is -0.139. The van der Waals surface area contributed by atoms with E-state index in [1.54, 1.807) is 23.9 Å². The summed E-state index contributed by atoms with van der Waals surface area (Å²) < 4.78 is 20.2. The molecule has 0 saturated heterocycles. The van der Waals surface area contributed by atoms with Crippen molar-refractivity contribution in [3.8, 4) is 0 Å². The summed E-state index contributed by atoms with van der Waals surface area (Å²) in [4.78, 5) is 50.7. The first-order chi connectivity index (χ1) is 16.8. The minimum Gasteiger partial charge on any atom is -0.459 e. The summed E-state index contributed by atoms with van der Waals surface area (Å²) in [5.74, 6) is -0.787. The van der Waals surface area contributed by atoms with E-state index in [0.29, 0.717) is 0 Å². The molecule has 0 bridgehead atoms. The Balaban J connectivity index is 2.71. The van der Waals surface area contributed by atoms with Gasteiger partial charge in [-0.15, -0.1) is 0 Å². The molecule has 0 aromatic carbocycles. The van der Waals surface area contributed by atoms with Crippen LogP contribution in [0.3, 0.4) is 0 Å². The lowest BCUT2D eigenvalue weighted by atomic mass is 9.66. The van der Waals surface area contributed by atoms with Crippen molar-refractivity contribution in [3.63, 3.8) is 0 Å². The molecule has 2 unspecified atom stereocenters. The quantitative estimate of drug-likeness (QED) is 0.168. The van der Waals surface area contributed by atoms with Crippen LogP contribution in [-0.4, -0.2) is 85.5 Å². The number of rotatable bonds is 12. The van der Waals surface area contributed by atoms with Crippen LogP contribution in [0.1, 0.15) is 53.4 Å². The number of nitrogens with zero attached hydrogens (tertiary/aromatic N) is 2. The molecule has 1 aliphatic carbocycles. The molecule has 0 spiro atoms. The largest absolute Gasteiger partial charge is 0.459 e. The first-order valence-corrected chi connectivity index (χ1v) is 12.2. The molecule has 36 heavy (non-hydrogen) atoms. The summed E-state index contributed by atoms with van der Waals surface area (Å²) in [7, 11) is 3.41. The molecule has 204 valence electrons. The van der Waals surface area contributed by atoms with Gasteiger partial charge in [0.15, 0.2) is 0 Å². The average Bonchev–Trinajstić information content (AvgIpc) is 2.87. The molecule has 1 fully saturated rings. The van der Waals surface area contributed by atoms with Gasteiger partial charge in [-0.05, 0) is 58.8 Å². The molecule has 0 aliphatic heterocycles. The van der Waals surface area contributed by atoms with Crippen LogP contribution >= 0.6 is 0 Å². The SMILES string of the molecule is C=CC(=O)OCCOC(=O)N(C)C(C)(C)C1CCCC(C(C)(C)N(C)C(=O)OCCOC(=O)C=C)C1. The fraction of sp³-hybridized carbons (Fsp3) is 0.692. The van der Waals surface area contributed by atoms with E-state index in [1.165, 1.54) is 0 Å². The number of carbonyl (C=O) groups excluding carboxylic acids is 4. The molecule has 1 aliphatic rings. The van der Waals surface area contributed by atoms with Gasteiger partial charge in [-0.25, -0.2) is 19.2 Å². The number of hydrogen-bond donors (Lipinski definition) is 0. The summed E-state index contributed by atoms with van der Waals surface area (Å²) >= 11 is 0. The van der Waals surface area contributed by atoms with Crippen LogP contribution in [0.2, 0.25) is 0 Å². The van der Waals surface area contributed by atoms with Gasteiger partial charge >= 0.3 is 24.1 Å². The van der Waals surface area contributed by atoms with Crippen molar-refractivity contribution in [1.29, 1.82) is 0 Å². The highest BCUT2D eigenvalue weighted by Gasteiger charge is 2.45. The van der Waals surface area contributed by atoms with Crippen LogP contribution in [0.25, 0.3) is 0 Å². The van der Waals surface area contributed by atoms with Crippen molar-refractivity contribution >= 4 is 24.1 Å². The zero-order valence-electron chi connectivity index (χ0n) is 22.5. The number of hydrogen-bond acceptors (Lipinski definition) is 8. The molecule has 2 atom stereocenters. The molecule has 10 heteroatoms. The molecule has 1 saturated carbocycles. The van der Waals surface area contributed by atoms with Crippen LogP contribution < -0.4 is 0 Å². The lowest BCUT2D eigenvalue weighted by Crippen LogP contribution is -2.55. The highest BCUT2D eigenvalue weighted by Crippen LogP contribution is 2.43. The minimum absolute atomic E-state index is 0.0380. The molecule has 10 nitrogen and oxygen atoms in total. The van der Waals surface area contributed by atoms with Gasteiger partial charge in [0.05, 0.1) is 0 Å². The average molecular weight is 511 g/mol. The Labute approximate surface area is 214 Å². The summed E-state index contributed by atoms with van der Waals surface area (Å²) in [6.07, 6.45) is 4.77. The Morgan fingerprint density at radius 2 is 1.06 bits per heavy atom. The molecule has 0 N–H and O–H groups in total. The van der Waals surface area contributed by atoms with E-state index in [0.717, 1.165) is 37.8 Å². The Hall–Kier alpha value is -3.04. The molecule has 0 aromatic heterocycles. The third-order valence-electron chi connectivity index (χ3n) is 7.39. The monoisotopic (exact) mass is 510 g/mol. The van der Waals surface area contributed by atoms with Crippen LogP contribution in [0.4, 0.5) is 9.59 Å². The molecular formula is C26H42N2O8. The third kappa shape index (κ3) is 8.57. The Bertz CT molecular complexity index is 744. The Morgan fingerprint density at radius 3 is 1.39 bits per heavy atom. The number of esters is 2. The first-order valence-electron chi connectivity index (χ1n) is 12.2. The maximum absolute atomic E-state index is 12.6. The van der Waals surface area contributed by atoms with E-state index in [2.05, 4.69) is 13.2 Å². The summed E-state index contributed by atoms with van der Waals surface area (Å²) in [6.45, 7) is 14.5. The van der Waals surface area contributed by atoms with Crippen molar-refractivity contribution in [2.45, 2.75) is 64.5 Å². The zero-order valence-corrected chi connectivity index (χ0v) is 22.5. The first kappa shape index (κ1) is 31.0. The highest BCUT2D eigenvalue weighted by molar-refractivity contribution is 5.81. The molecular weight excluding hydrogens is 468 g/mol. The van der Waals surface area contributed by atoms with Crippen LogP contribution in [0.15, 0.2) is 25.3 Å². The second kappa shape index (κ2) is 13.9. The van der Waals surface area contributed by atoms with Gasteiger partial charge < -0.3 is 28.7 Å². The van der Waals surface area contributed by atoms with E-state index in [4.69, 9.17) is 18.9 Å². The van der Waals surface area contributed by atoms with Gasteiger partial charge in [0, 0.05) is 37.3 Å². The normalized spacial score (nSPS) is 17.8. The van der Waals surface area contributed by atoms with Crippen molar-refractivity contribution in [2.75, 3.05) is 40.5 Å². The Morgan fingerprint density at radius 1 is 0.722 bits per heavy atom. The van der Waals surface area contributed by atoms with Gasteiger partial charge in [0.2, 0.25) is 0 Å². The van der Waals surface area contributed by atoms with Gasteiger partial charge in [-0.3, -0.25) is 0 Å². The predicted octanol–water partition coefficient (Wildman–Crippen LogP) is 3.95. The number of ether oxygens (including phenoxy) is 4. The third-order valence-corrected chi connectivity index (χ3v) is 7.39. The second-order valence-electron chi connectivity index (χ2n) is 9.96. The van der Waals surface area contributed by atoms with E-state index < -0.39 is 35.2 Å². The maximum atomic E-state index is 12.6. The summed E-state index contributed by atoms with van der Waals surface area (Å²) in [5.41, 5.74) is -1.00. The fourth-order valence-electron chi connectivity index (χ4n) is 4.35. The van der Waals surface area contributed by atoms with Crippen LogP contribution in [-0.2, 0) is 28.5 Å². The van der Waals surface area contributed by atoms with Gasteiger partial charge in [-0.2, -0.15) is 0 Å². The van der Waals surface area contributed by atoms with Crippen molar-refractivity contribution in [1.82, 2.24) is 9.80 Å². The van der Waals surface area contributed by atoms with Gasteiger partial charge in [0.25, 0.3) is 0 Å². The topological polar surface area (TPSA) is 112 Å². The van der Waals surface area contributed by atoms with E-state index in [1.807, 2.05) is 27.7 Å². The molecule has 1 rings (SSSR count). The fourth-order valence-corrected chi connectivity index (χ4v) is 4.35. The van der Waals surface area contributed by atoms with Crippen molar-refractivity contribution in [2.24, 2.45) is 11.8 Å². The number of carbonyl (C=O) groups is 4. The molecule has 0 aromatic rings. The second-order valence-corrected chi connectivity index (χ2v) is 9.96. The van der Waals surface area contributed by atoms with Crippen molar-refractivity contribution < 1.29 is 38.1 Å². The minimum atomic E-state index is -0.569. The van der Waals surface area contributed by atoms with Gasteiger partial charge in [0.1, 0.15) is 26.4 Å². The van der Waals surface area contributed by atoms with E-state index in [9.17, 15) is 19.2 Å². The predicted molar refractivity (Wildman–Crippen MR) is 134 cm³/mol. The smallest absolute Gasteiger partial charge is 0.410 e. The lowest BCUT2D eigenvalue weighted by Gasteiger charge is -2.49. The van der Waals surface area contributed by atoms with Gasteiger partial charge in [-0.1, -0.05) is 19.6 Å². The molecule has 0 radical (unpaired) electrons. The van der Waals surface area contributed by atoms with E-state index in [-0.39, 0.29) is 38.3 Å². The Kier molecular flexibility index (Phi) is 12.0. The standard InChI is InChI=1S/C26H42N2O8/c1-9-21(29)33-14-16-35-23(31)27(7)25(3,4)19-12-11-13-20(18-19)26(5,6)28(8)24(32)36-17-15-34-22(30)10-2/h9-10,19-20H,1-2,11-18H2,3-8H3. The van der Waals surface area contributed by atoms with Crippen LogP contribution in [0.5, 0.6) is 0 Å². The zero-order chi connectivity index (χ0) is 27.5. The van der Waals surface area contributed by atoms with E-state index >= 15 is 0 Å². The molecule has 2 amide bonds. The van der Waals surface area contributed by atoms with Crippen molar-refractivity contribution in [3.05, 3.63) is 25.3 Å². The number of amides is 2.